The second-order valence-electron chi connectivity index (χ2n) is 4.09. The maximum absolute atomic E-state index is 12.1. The summed E-state index contributed by atoms with van der Waals surface area (Å²) in [4.78, 5) is 16.3. The van der Waals surface area contributed by atoms with Crippen molar-refractivity contribution < 1.29 is 4.79 Å². The van der Waals surface area contributed by atoms with Gasteiger partial charge in [0.2, 0.25) is 0 Å². The number of hydrogen-bond donors (Lipinski definition) is 1. The minimum absolute atomic E-state index is 0.146. The van der Waals surface area contributed by atoms with Crippen molar-refractivity contribution in [2.75, 3.05) is 0 Å². The molecule has 0 aliphatic carbocycles. The van der Waals surface area contributed by atoms with Crippen molar-refractivity contribution in [2.24, 2.45) is 0 Å². The van der Waals surface area contributed by atoms with Crippen LogP contribution in [0.3, 0.4) is 0 Å². The Bertz CT molecular complexity index is 706. The third kappa shape index (κ3) is 2.30. The quantitative estimate of drug-likeness (QED) is 0.771. The largest absolute Gasteiger partial charge is 0.346 e. The molecule has 3 aromatic rings. The number of nitrogens with one attached hydrogen (secondary N) is 1. The Morgan fingerprint density at radius 1 is 1.21 bits per heavy atom. The summed E-state index contributed by atoms with van der Waals surface area (Å²) >= 11 is 0. The Morgan fingerprint density at radius 2 is 2.11 bits per heavy atom. The van der Waals surface area contributed by atoms with E-state index in [0.717, 1.165) is 11.2 Å². The zero-order valence-corrected chi connectivity index (χ0v) is 10.2. The Kier molecular flexibility index (Phi) is 2.94. The van der Waals surface area contributed by atoms with Crippen LogP contribution in [-0.4, -0.2) is 20.5 Å². The van der Waals surface area contributed by atoms with Crippen LogP contribution in [0.1, 0.15) is 16.1 Å². The van der Waals surface area contributed by atoms with Gasteiger partial charge in [-0.1, -0.05) is 12.1 Å². The van der Waals surface area contributed by atoms with Crippen molar-refractivity contribution in [3.05, 3.63) is 66.2 Å². The molecule has 0 fully saturated rings. The van der Waals surface area contributed by atoms with Gasteiger partial charge in [-0.15, -0.1) is 0 Å². The van der Waals surface area contributed by atoms with Gasteiger partial charge >= 0.3 is 0 Å². The van der Waals surface area contributed by atoms with Crippen LogP contribution < -0.4 is 5.32 Å². The maximum Gasteiger partial charge on any atom is 0.255 e. The number of rotatable bonds is 3. The van der Waals surface area contributed by atoms with Crippen LogP contribution >= 0.6 is 0 Å². The van der Waals surface area contributed by atoms with Crippen molar-refractivity contribution in [2.45, 2.75) is 6.54 Å². The number of amides is 1. The predicted molar refractivity (Wildman–Crippen MR) is 70.6 cm³/mol. The van der Waals surface area contributed by atoms with E-state index in [1.54, 1.807) is 16.9 Å². The number of carbonyl (C=O) groups is 1. The molecule has 0 unspecified atom stereocenters. The lowest BCUT2D eigenvalue weighted by Crippen LogP contribution is -2.23. The monoisotopic (exact) mass is 252 g/mol. The summed E-state index contributed by atoms with van der Waals surface area (Å²) in [5.74, 6) is -0.146. The smallest absolute Gasteiger partial charge is 0.255 e. The number of fused-ring (bicyclic) bond motifs is 1. The molecule has 3 aromatic heterocycles. The van der Waals surface area contributed by atoms with E-state index < -0.39 is 0 Å². The summed E-state index contributed by atoms with van der Waals surface area (Å²) in [6, 6.07) is 11.2. The molecule has 0 saturated heterocycles. The molecule has 19 heavy (non-hydrogen) atoms. The van der Waals surface area contributed by atoms with Gasteiger partial charge in [-0.05, 0) is 24.3 Å². The van der Waals surface area contributed by atoms with Gasteiger partial charge in [0.05, 0.1) is 29.5 Å². The highest BCUT2D eigenvalue weighted by molar-refractivity contribution is 6.00. The highest BCUT2D eigenvalue weighted by Crippen LogP contribution is 2.09. The average molecular weight is 252 g/mol. The second-order valence-corrected chi connectivity index (χ2v) is 4.09. The first-order chi connectivity index (χ1) is 9.34. The van der Waals surface area contributed by atoms with Crippen LogP contribution in [-0.2, 0) is 6.54 Å². The molecule has 0 aromatic carbocycles. The van der Waals surface area contributed by atoms with Crippen molar-refractivity contribution in [1.82, 2.24) is 19.9 Å². The Hall–Kier alpha value is -2.69. The first-order valence-corrected chi connectivity index (χ1v) is 5.95. The first kappa shape index (κ1) is 11.4. The van der Waals surface area contributed by atoms with Crippen LogP contribution in [0.15, 0.2) is 55.0 Å². The molecule has 0 radical (unpaired) electrons. The lowest BCUT2D eigenvalue weighted by molar-refractivity contribution is 0.0952. The molecule has 0 saturated carbocycles. The maximum atomic E-state index is 12.1. The Balaban J connectivity index is 1.77. The third-order valence-corrected chi connectivity index (χ3v) is 2.83. The molecule has 0 atom stereocenters. The van der Waals surface area contributed by atoms with E-state index in [0.29, 0.717) is 12.1 Å². The van der Waals surface area contributed by atoms with Gasteiger partial charge in [0.25, 0.3) is 5.91 Å². The fourth-order valence-corrected chi connectivity index (χ4v) is 1.88. The summed E-state index contributed by atoms with van der Waals surface area (Å²) in [6.07, 6.45) is 5.09. The molecule has 1 N–H and O–H groups in total. The summed E-state index contributed by atoms with van der Waals surface area (Å²) in [6.45, 7) is 0.407. The standard InChI is InChI=1S/C14H12N4O/c19-14(16-9-11-5-1-3-7-15-11)12-10-17-18-8-4-2-6-13(12)18/h1-8,10H,9H2,(H,16,19). The predicted octanol–water partition coefficient (Wildman–Crippen LogP) is 1.66. The topological polar surface area (TPSA) is 59.3 Å². The molecule has 5 nitrogen and oxygen atoms in total. The van der Waals surface area contributed by atoms with Crippen molar-refractivity contribution >= 4 is 11.4 Å². The molecule has 3 heterocycles. The Morgan fingerprint density at radius 3 is 2.95 bits per heavy atom. The van der Waals surface area contributed by atoms with E-state index in [9.17, 15) is 4.79 Å². The lowest BCUT2D eigenvalue weighted by atomic mass is 10.2. The minimum Gasteiger partial charge on any atom is -0.346 e. The molecule has 0 aliphatic rings. The van der Waals surface area contributed by atoms with E-state index in [4.69, 9.17) is 0 Å². The summed E-state index contributed by atoms with van der Waals surface area (Å²) in [7, 11) is 0. The number of nitrogens with zero attached hydrogens (tertiary/aromatic N) is 3. The van der Waals surface area contributed by atoms with E-state index in [1.807, 2.05) is 42.6 Å². The van der Waals surface area contributed by atoms with E-state index in [1.165, 1.54) is 0 Å². The van der Waals surface area contributed by atoms with Crippen LogP contribution in [0.5, 0.6) is 0 Å². The van der Waals surface area contributed by atoms with E-state index >= 15 is 0 Å². The molecule has 0 bridgehead atoms. The van der Waals surface area contributed by atoms with Gasteiger partial charge in [-0.3, -0.25) is 9.78 Å². The highest BCUT2D eigenvalue weighted by Gasteiger charge is 2.11. The molecular formula is C14H12N4O. The Labute approximate surface area is 109 Å². The van der Waals surface area contributed by atoms with Gasteiger partial charge < -0.3 is 5.32 Å². The average Bonchev–Trinajstić information content (AvgIpc) is 2.90. The molecule has 3 rings (SSSR count). The molecular weight excluding hydrogens is 240 g/mol. The van der Waals surface area contributed by atoms with Gasteiger partial charge in [-0.2, -0.15) is 5.10 Å². The number of carbonyl (C=O) groups excluding carboxylic acids is 1. The zero-order valence-electron chi connectivity index (χ0n) is 10.2. The van der Waals surface area contributed by atoms with Crippen LogP contribution in [0.25, 0.3) is 5.52 Å². The summed E-state index contributed by atoms with van der Waals surface area (Å²) < 4.78 is 1.68. The zero-order chi connectivity index (χ0) is 13.1. The van der Waals surface area contributed by atoms with Crippen LogP contribution in [0.2, 0.25) is 0 Å². The van der Waals surface area contributed by atoms with Gasteiger partial charge in [0.15, 0.2) is 0 Å². The summed E-state index contributed by atoms with van der Waals surface area (Å²) in [5.41, 5.74) is 2.19. The molecule has 94 valence electrons. The summed E-state index contributed by atoms with van der Waals surface area (Å²) in [5, 5.41) is 6.97. The van der Waals surface area contributed by atoms with E-state index in [2.05, 4.69) is 15.4 Å². The molecule has 5 heteroatoms. The van der Waals surface area contributed by atoms with E-state index in [-0.39, 0.29) is 5.91 Å². The van der Waals surface area contributed by atoms with Gasteiger partial charge in [-0.25, -0.2) is 4.52 Å². The highest BCUT2D eigenvalue weighted by atomic mass is 16.1. The lowest BCUT2D eigenvalue weighted by Gasteiger charge is -2.03. The van der Waals surface area contributed by atoms with Crippen LogP contribution in [0.4, 0.5) is 0 Å². The van der Waals surface area contributed by atoms with Gasteiger partial charge in [0.1, 0.15) is 0 Å². The normalized spacial score (nSPS) is 10.5. The van der Waals surface area contributed by atoms with Crippen LogP contribution in [0, 0.1) is 0 Å². The fourth-order valence-electron chi connectivity index (χ4n) is 1.88. The minimum atomic E-state index is -0.146. The first-order valence-electron chi connectivity index (χ1n) is 5.95. The van der Waals surface area contributed by atoms with Crippen molar-refractivity contribution in [1.29, 1.82) is 0 Å². The van der Waals surface area contributed by atoms with Crippen molar-refractivity contribution in [3.63, 3.8) is 0 Å². The molecule has 0 aliphatic heterocycles. The third-order valence-electron chi connectivity index (χ3n) is 2.83. The molecule has 0 spiro atoms. The van der Waals surface area contributed by atoms with Crippen molar-refractivity contribution in [3.8, 4) is 0 Å². The SMILES string of the molecule is O=C(NCc1ccccn1)c1cnn2ccccc12. The fraction of sp³-hybridized carbons (Fsp3) is 0.0714. The number of hydrogen-bond acceptors (Lipinski definition) is 3. The second kappa shape index (κ2) is 4.89. The number of pyridine rings is 2. The number of aromatic nitrogens is 3. The van der Waals surface area contributed by atoms with Gasteiger partial charge in [0, 0.05) is 12.4 Å². The molecule has 1 amide bonds.